The third-order valence-electron chi connectivity index (χ3n) is 5.91. The fourth-order valence-electron chi connectivity index (χ4n) is 4.19. The van der Waals surface area contributed by atoms with Gasteiger partial charge in [-0.25, -0.2) is 0 Å². The van der Waals surface area contributed by atoms with Crippen LogP contribution in [-0.4, -0.2) is 36.1 Å². The number of piperidine rings is 1. The fourth-order valence-corrected chi connectivity index (χ4v) is 4.19. The summed E-state index contributed by atoms with van der Waals surface area (Å²) >= 11 is 0. The number of rotatable bonds is 2. The first-order valence-electron chi connectivity index (χ1n) is 8.64. The molecule has 2 aliphatic heterocycles. The van der Waals surface area contributed by atoms with Crippen LogP contribution in [0.2, 0.25) is 0 Å². The second-order valence-electron chi connectivity index (χ2n) is 7.38. The van der Waals surface area contributed by atoms with Gasteiger partial charge in [-0.1, -0.05) is 29.8 Å². The molecule has 3 heteroatoms. The quantitative estimate of drug-likeness (QED) is 0.839. The third kappa shape index (κ3) is 2.26. The second kappa shape index (κ2) is 5.09. The van der Waals surface area contributed by atoms with Crippen LogP contribution in [0.15, 0.2) is 24.3 Å². The summed E-state index contributed by atoms with van der Waals surface area (Å²) < 4.78 is 5.97. The van der Waals surface area contributed by atoms with Crippen LogP contribution in [0.3, 0.4) is 0 Å². The maximum absolute atomic E-state index is 13.1. The van der Waals surface area contributed by atoms with Crippen LogP contribution in [-0.2, 0) is 14.9 Å². The highest BCUT2D eigenvalue weighted by molar-refractivity contribution is 5.91. The van der Waals surface area contributed by atoms with Gasteiger partial charge in [-0.05, 0) is 51.0 Å². The van der Waals surface area contributed by atoms with Gasteiger partial charge < -0.3 is 9.64 Å². The van der Waals surface area contributed by atoms with Crippen molar-refractivity contribution < 1.29 is 9.53 Å². The molecule has 22 heavy (non-hydrogen) atoms. The first-order chi connectivity index (χ1) is 10.6. The molecular formula is C19H25NO2. The summed E-state index contributed by atoms with van der Waals surface area (Å²) in [5.74, 6) is 0.351. The molecule has 0 bridgehead atoms. The van der Waals surface area contributed by atoms with Gasteiger partial charge in [0.2, 0.25) is 5.91 Å². The molecule has 1 aromatic rings. The summed E-state index contributed by atoms with van der Waals surface area (Å²) in [5, 5.41) is 0. The maximum atomic E-state index is 13.1. The van der Waals surface area contributed by atoms with E-state index < -0.39 is 0 Å². The fraction of sp³-hybridized carbons (Fsp3) is 0.632. The Morgan fingerprint density at radius 1 is 1.05 bits per heavy atom. The molecule has 2 heterocycles. The van der Waals surface area contributed by atoms with Crippen LogP contribution < -0.4 is 0 Å². The van der Waals surface area contributed by atoms with Crippen molar-refractivity contribution >= 4 is 5.91 Å². The smallest absolute Gasteiger partial charge is 0.233 e. The van der Waals surface area contributed by atoms with Gasteiger partial charge in [0.1, 0.15) is 0 Å². The summed E-state index contributed by atoms with van der Waals surface area (Å²) in [7, 11) is 0. The van der Waals surface area contributed by atoms with E-state index in [9.17, 15) is 4.79 Å². The predicted octanol–water partition coefficient (Wildman–Crippen LogP) is 3.20. The molecule has 0 N–H and O–H groups in total. The Hall–Kier alpha value is -1.35. The number of carbonyl (C=O) groups is 1. The Bertz CT molecular complexity index is 558. The van der Waals surface area contributed by atoms with Crippen molar-refractivity contribution in [3.05, 3.63) is 35.4 Å². The van der Waals surface area contributed by atoms with Gasteiger partial charge in [0, 0.05) is 19.7 Å². The van der Waals surface area contributed by atoms with Crippen LogP contribution in [0, 0.1) is 6.92 Å². The minimum absolute atomic E-state index is 0.0946. The zero-order chi connectivity index (χ0) is 15.2. The molecule has 1 aliphatic carbocycles. The van der Waals surface area contributed by atoms with E-state index in [0.29, 0.717) is 5.91 Å². The number of hydrogen-bond acceptors (Lipinski definition) is 2. The minimum Gasteiger partial charge on any atom is -0.375 e. The van der Waals surface area contributed by atoms with Crippen molar-refractivity contribution in [1.82, 2.24) is 4.90 Å². The second-order valence-corrected chi connectivity index (χ2v) is 7.38. The standard InChI is InChI=1S/C19H25NO2/c1-15-3-5-16(6-4-15)19(8-9-19)17(21)20-12-10-18(11-13-20)7-2-14-22-18/h3-6H,2,7-14H2,1H3. The Labute approximate surface area is 132 Å². The van der Waals surface area contributed by atoms with Gasteiger partial charge in [-0.15, -0.1) is 0 Å². The first kappa shape index (κ1) is 14.3. The highest BCUT2D eigenvalue weighted by Gasteiger charge is 2.54. The number of amides is 1. The molecule has 3 nitrogen and oxygen atoms in total. The van der Waals surface area contributed by atoms with E-state index in [4.69, 9.17) is 4.74 Å². The number of nitrogens with zero attached hydrogens (tertiary/aromatic N) is 1. The largest absolute Gasteiger partial charge is 0.375 e. The van der Waals surface area contributed by atoms with Crippen LogP contribution >= 0.6 is 0 Å². The summed E-state index contributed by atoms with van der Waals surface area (Å²) in [6.45, 7) is 4.73. The lowest BCUT2D eigenvalue weighted by Gasteiger charge is -2.40. The zero-order valence-corrected chi connectivity index (χ0v) is 13.4. The highest BCUT2D eigenvalue weighted by atomic mass is 16.5. The van der Waals surface area contributed by atoms with Crippen LogP contribution in [0.1, 0.15) is 49.7 Å². The van der Waals surface area contributed by atoms with Gasteiger partial charge in [0.05, 0.1) is 11.0 Å². The van der Waals surface area contributed by atoms with Crippen molar-refractivity contribution in [3.8, 4) is 0 Å². The van der Waals surface area contributed by atoms with Crippen LogP contribution in [0.25, 0.3) is 0 Å². The van der Waals surface area contributed by atoms with Crippen molar-refractivity contribution in [2.24, 2.45) is 0 Å². The number of hydrogen-bond donors (Lipinski definition) is 0. The lowest BCUT2D eigenvalue weighted by Crippen LogP contribution is -2.49. The molecule has 0 unspecified atom stereocenters. The molecule has 1 amide bonds. The number of likely N-dealkylation sites (tertiary alicyclic amines) is 1. The Balaban J connectivity index is 1.47. The topological polar surface area (TPSA) is 29.5 Å². The molecule has 1 saturated carbocycles. The molecule has 4 rings (SSSR count). The predicted molar refractivity (Wildman–Crippen MR) is 85.8 cm³/mol. The SMILES string of the molecule is Cc1ccc(C2(C(=O)N3CCC4(CCCO4)CC3)CC2)cc1. The van der Waals surface area contributed by atoms with Crippen molar-refractivity contribution in [3.63, 3.8) is 0 Å². The van der Waals surface area contributed by atoms with E-state index in [1.54, 1.807) is 0 Å². The molecule has 0 aromatic heterocycles. The van der Waals surface area contributed by atoms with E-state index in [-0.39, 0.29) is 11.0 Å². The van der Waals surface area contributed by atoms with Crippen molar-refractivity contribution in [1.29, 1.82) is 0 Å². The van der Waals surface area contributed by atoms with E-state index in [0.717, 1.165) is 45.4 Å². The van der Waals surface area contributed by atoms with Gasteiger partial charge in [-0.2, -0.15) is 0 Å². The summed E-state index contributed by atoms with van der Waals surface area (Å²) in [4.78, 5) is 15.2. The Morgan fingerprint density at radius 3 is 2.27 bits per heavy atom. The number of benzene rings is 1. The van der Waals surface area contributed by atoms with Crippen molar-refractivity contribution in [2.75, 3.05) is 19.7 Å². The summed E-state index contributed by atoms with van der Waals surface area (Å²) in [6, 6.07) is 8.54. The van der Waals surface area contributed by atoms with Gasteiger partial charge >= 0.3 is 0 Å². The van der Waals surface area contributed by atoms with Gasteiger partial charge in [-0.3, -0.25) is 4.79 Å². The molecule has 1 aromatic carbocycles. The average molecular weight is 299 g/mol. The zero-order valence-electron chi connectivity index (χ0n) is 13.4. The Kier molecular flexibility index (Phi) is 3.30. The van der Waals surface area contributed by atoms with Crippen molar-refractivity contribution in [2.45, 2.75) is 56.5 Å². The molecule has 118 valence electrons. The van der Waals surface area contributed by atoms with Gasteiger partial charge in [0.25, 0.3) is 0 Å². The average Bonchev–Trinajstić information content (AvgIpc) is 3.24. The number of ether oxygens (including phenoxy) is 1. The normalized spacial score (nSPS) is 25.4. The number of aryl methyl sites for hydroxylation is 1. The molecule has 0 radical (unpaired) electrons. The van der Waals surface area contributed by atoms with E-state index in [1.165, 1.54) is 24.0 Å². The molecule has 2 saturated heterocycles. The Morgan fingerprint density at radius 2 is 1.73 bits per heavy atom. The van der Waals surface area contributed by atoms with E-state index >= 15 is 0 Å². The van der Waals surface area contributed by atoms with Crippen LogP contribution in [0.4, 0.5) is 0 Å². The number of carbonyl (C=O) groups excluding carboxylic acids is 1. The first-order valence-corrected chi connectivity index (χ1v) is 8.64. The third-order valence-corrected chi connectivity index (χ3v) is 5.91. The molecule has 0 atom stereocenters. The molecule has 3 fully saturated rings. The molecule has 1 spiro atoms. The van der Waals surface area contributed by atoms with E-state index in [2.05, 4.69) is 36.1 Å². The molecular weight excluding hydrogens is 274 g/mol. The molecule has 3 aliphatic rings. The summed E-state index contributed by atoms with van der Waals surface area (Å²) in [6.07, 6.45) is 6.41. The monoisotopic (exact) mass is 299 g/mol. The van der Waals surface area contributed by atoms with Gasteiger partial charge in [0.15, 0.2) is 0 Å². The summed E-state index contributed by atoms with van der Waals surface area (Å²) in [5.41, 5.74) is 2.34. The van der Waals surface area contributed by atoms with E-state index in [1.807, 2.05) is 0 Å². The lowest BCUT2D eigenvalue weighted by atomic mass is 9.87. The lowest BCUT2D eigenvalue weighted by molar-refractivity contribution is -0.138. The highest BCUT2D eigenvalue weighted by Crippen LogP contribution is 2.50. The van der Waals surface area contributed by atoms with Crippen LogP contribution in [0.5, 0.6) is 0 Å². The maximum Gasteiger partial charge on any atom is 0.233 e. The minimum atomic E-state index is -0.214.